The average molecular weight is 271 g/mol. The van der Waals surface area contributed by atoms with E-state index in [-0.39, 0.29) is 12.6 Å². The molecule has 0 aliphatic rings. The molecule has 0 amide bonds. The molecular weight excluding hydrogens is 250 g/mol. The summed E-state index contributed by atoms with van der Waals surface area (Å²) in [5, 5.41) is 13.0. The van der Waals surface area contributed by atoms with Gasteiger partial charge in [-0.05, 0) is 30.2 Å². The molecule has 0 heterocycles. The van der Waals surface area contributed by atoms with E-state index in [1.165, 1.54) is 5.56 Å². The first kappa shape index (κ1) is 14.6. The summed E-state index contributed by atoms with van der Waals surface area (Å²) < 4.78 is 5.14. The van der Waals surface area contributed by atoms with Crippen LogP contribution in [0, 0.1) is 6.92 Å². The van der Waals surface area contributed by atoms with E-state index in [1.54, 1.807) is 7.11 Å². The minimum absolute atomic E-state index is 0.0459. The van der Waals surface area contributed by atoms with Crippen LogP contribution in [0.5, 0.6) is 0 Å². The molecule has 2 N–H and O–H groups in total. The summed E-state index contributed by atoms with van der Waals surface area (Å²) in [6.45, 7) is 2.68. The van der Waals surface area contributed by atoms with Gasteiger partial charge in [0.05, 0.1) is 19.3 Å². The van der Waals surface area contributed by atoms with Crippen molar-refractivity contribution < 1.29 is 9.84 Å². The zero-order chi connectivity index (χ0) is 14.4. The first-order valence-corrected chi connectivity index (χ1v) is 6.75. The van der Waals surface area contributed by atoms with Gasteiger partial charge in [-0.25, -0.2) is 0 Å². The Bertz CT molecular complexity index is 537. The Balaban J connectivity index is 2.15. The highest BCUT2D eigenvalue weighted by Crippen LogP contribution is 2.21. The number of anilines is 1. The van der Waals surface area contributed by atoms with Crippen LogP contribution in [-0.4, -0.2) is 18.8 Å². The monoisotopic (exact) mass is 271 g/mol. The Morgan fingerprint density at radius 3 is 2.55 bits per heavy atom. The largest absolute Gasteiger partial charge is 0.394 e. The lowest BCUT2D eigenvalue weighted by molar-refractivity contribution is 0.184. The molecule has 3 nitrogen and oxygen atoms in total. The van der Waals surface area contributed by atoms with Crippen molar-refractivity contribution >= 4 is 5.69 Å². The van der Waals surface area contributed by atoms with Crippen LogP contribution in [0.1, 0.15) is 22.7 Å². The van der Waals surface area contributed by atoms with E-state index in [2.05, 4.69) is 30.4 Å². The van der Waals surface area contributed by atoms with E-state index in [0.717, 1.165) is 16.8 Å². The highest BCUT2D eigenvalue weighted by atomic mass is 16.5. The van der Waals surface area contributed by atoms with Crippen molar-refractivity contribution in [1.82, 2.24) is 0 Å². The van der Waals surface area contributed by atoms with Crippen molar-refractivity contribution in [2.75, 3.05) is 19.0 Å². The average Bonchev–Trinajstić information content (AvgIpc) is 2.47. The summed E-state index contributed by atoms with van der Waals surface area (Å²) in [5.41, 5.74) is 4.39. The van der Waals surface area contributed by atoms with Gasteiger partial charge in [0.2, 0.25) is 0 Å². The summed E-state index contributed by atoms with van der Waals surface area (Å²) in [5.74, 6) is 0. The molecule has 1 unspecified atom stereocenters. The molecule has 106 valence electrons. The molecule has 1 atom stereocenters. The predicted octanol–water partition coefficient (Wildman–Crippen LogP) is 3.29. The fraction of sp³-hybridized carbons (Fsp3) is 0.294. The Hall–Kier alpha value is -1.84. The van der Waals surface area contributed by atoms with Gasteiger partial charge in [0.15, 0.2) is 0 Å². The van der Waals surface area contributed by atoms with E-state index in [1.807, 2.05) is 30.3 Å². The van der Waals surface area contributed by atoms with Gasteiger partial charge in [0, 0.05) is 12.8 Å². The van der Waals surface area contributed by atoms with Gasteiger partial charge in [-0.15, -0.1) is 0 Å². The van der Waals surface area contributed by atoms with Gasteiger partial charge < -0.3 is 15.2 Å². The lowest BCUT2D eigenvalue weighted by atomic mass is 10.0. The zero-order valence-corrected chi connectivity index (χ0v) is 12.0. The number of benzene rings is 2. The van der Waals surface area contributed by atoms with Crippen LogP contribution in [0.25, 0.3) is 0 Å². The topological polar surface area (TPSA) is 41.5 Å². The maximum absolute atomic E-state index is 9.62. The normalized spacial score (nSPS) is 12.2. The molecular formula is C17H21NO2. The van der Waals surface area contributed by atoms with Crippen LogP contribution in [0.2, 0.25) is 0 Å². The summed E-state index contributed by atoms with van der Waals surface area (Å²) >= 11 is 0. The molecule has 0 aliphatic heterocycles. The lowest BCUT2D eigenvalue weighted by Gasteiger charge is -2.19. The number of aryl methyl sites for hydroxylation is 1. The molecule has 0 aliphatic carbocycles. The van der Waals surface area contributed by atoms with Crippen LogP contribution in [0.4, 0.5) is 5.69 Å². The van der Waals surface area contributed by atoms with Gasteiger partial charge in [0.1, 0.15) is 0 Å². The Morgan fingerprint density at radius 1 is 1.15 bits per heavy atom. The maximum atomic E-state index is 9.62. The number of rotatable bonds is 6. The third-order valence-electron chi connectivity index (χ3n) is 3.24. The van der Waals surface area contributed by atoms with Crippen molar-refractivity contribution in [3.63, 3.8) is 0 Å². The van der Waals surface area contributed by atoms with Crippen LogP contribution in [0.3, 0.4) is 0 Å². The number of nitrogens with one attached hydrogen (secondary N) is 1. The zero-order valence-electron chi connectivity index (χ0n) is 12.0. The van der Waals surface area contributed by atoms with Crippen molar-refractivity contribution in [2.45, 2.75) is 19.6 Å². The van der Waals surface area contributed by atoms with Gasteiger partial charge in [0.25, 0.3) is 0 Å². The molecule has 2 aromatic carbocycles. The standard InChI is InChI=1S/C17H21NO2/c1-13-6-8-16(9-7-13)18-17(11-19)15-5-3-4-14(10-15)12-20-2/h3-10,17-19H,11-12H2,1-2H3. The molecule has 0 fully saturated rings. The Kier molecular flexibility index (Phi) is 5.16. The first-order valence-electron chi connectivity index (χ1n) is 6.75. The second-order valence-corrected chi connectivity index (χ2v) is 4.92. The van der Waals surface area contributed by atoms with Crippen LogP contribution in [0.15, 0.2) is 48.5 Å². The minimum Gasteiger partial charge on any atom is -0.394 e. The summed E-state index contributed by atoms with van der Waals surface area (Å²) in [7, 11) is 1.68. The maximum Gasteiger partial charge on any atom is 0.0745 e. The van der Waals surface area contributed by atoms with Crippen molar-refractivity contribution in [3.8, 4) is 0 Å². The fourth-order valence-corrected chi connectivity index (χ4v) is 2.15. The quantitative estimate of drug-likeness (QED) is 0.847. The fourth-order valence-electron chi connectivity index (χ4n) is 2.15. The van der Waals surface area contributed by atoms with Gasteiger partial charge in [-0.3, -0.25) is 0 Å². The highest BCUT2D eigenvalue weighted by Gasteiger charge is 2.10. The number of ether oxygens (including phenoxy) is 1. The summed E-state index contributed by atoms with van der Waals surface area (Å²) in [6.07, 6.45) is 0. The van der Waals surface area contributed by atoms with Gasteiger partial charge in [-0.2, -0.15) is 0 Å². The molecule has 0 aromatic heterocycles. The smallest absolute Gasteiger partial charge is 0.0745 e. The molecule has 0 saturated heterocycles. The van der Waals surface area contributed by atoms with Gasteiger partial charge >= 0.3 is 0 Å². The van der Waals surface area contributed by atoms with Crippen molar-refractivity contribution in [3.05, 3.63) is 65.2 Å². The lowest BCUT2D eigenvalue weighted by Crippen LogP contribution is -2.15. The van der Waals surface area contributed by atoms with Crippen molar-refractivity contribution in [2.24, 2.45) is 0 Å². The minimum atomic E-state index is -0.116. The van der Waals surface area contributed by atoms with Crippen LogP contribution < -0.4 is 5.32 Å². The molecule has 0 spiro atoms. The highest BCUT2D eigenvalue weighted by molar-refractivity contribution is 5.47. The van der Waals surface area contributed by atoms with Crippen molar-refractivity contribution in [1.29, 1.82) is 0 Å². The molecule has 0 saturated carbocycles. The number of aliphatic hydroxyl groups is 1. The number of methoxy groups -OCH3 is 1. The summed E-state index contributed by atoms with van der Waals surface area (Å²) in [4.78, 5) is 0. The Morgan fingerprint density at radius 2 is 1.90 bits per heavy atom. The van der Waals surface area contributed by atoms with E-state index in [9.17, 15) is 5.11 Å². The third-order valence-corrected chi connectivity index (χ3v) is 3.24. The number of hydrogen-bond donors (Lipinski definition) is 2. The van der Waals surface area contributed by atoms with E-state index < -0.39 is 0 Å². The van der Waals surface area contributed by atoms with Crippen LogP contribution >= 0.6 is 0 Å². The molecule has 2 rings (SSSR count). The number of aliphatic hydroxyl groups excluding tert-OH is 1. The van der Waals surface area contributed by atoms with E-state index in [4.69, 9.17) is 4.74 Å². The second-order valence-electron chi connectivity index (χ2n) is 4.92. The van der Waals surface area contributed by atoms with E-state index >= 15 is 0 Å². The summed E-state index contributed by atoms with van der Waals surface area (Å²) in [6, 6.07) is 16.1. The third kappa shape index (κ3) is 3.83. The second kappa shape index (κ2) is 7.08. The van der Waals surface area contributed by atoms with Crippen LogP contribution in [-0.2, 0) is 11.3 Å². The van der Waals surface area contributed by atoms with E-state index in [0.29, 0.717) is 6.61 Å². The SMILES string of the molecule is COCc1cccc(C(CO)Nc2ccc(C)cc2)c1. The molecule has 0 bridgehead atoms. The molecule has 3 heteroatoms. The first-order chi connectivity index (χ1) is 9.72. The molecule has 20 heavy (non-hydrogen) atoms. The van der Waals surface area contributed by atoms with Gasteiger partial charge in [-0.1, -0.05) is 42.0 Å². The molecule has 2 aromatic rings. The predicted molar refractivity (Wildman–Crippen MR) is 81.8 cm³/mol. The Labute approximate surface area is 120 Å². The number of hydrogen-bond acceptors (Lipinski definition) is 3. The molecule has 0 radical (unpaired) electrons.